The molecule has 1 fully saturated rings. The van der Waals surface area contributed by atoms with Crippen LogP contribution in [0.25, 0.3) is 10.9 Å². The molecule has 1 N–H and O–H groups in total. The molecule has 1 aliphatic carbocycles. The van der Waals surface area contributed by atoms with Crippen LogP contribution in [0, 0.1) is 0 Å². The number of rotatable bonds is 3. The van der Waals surface area contributed by atoms with Crippen LogP contribution < -0.4 is 10.4 Å². The molecule has 0 amide bonds. The predicted octanol–water partition coefficient (Wildman–Crippen LogP) is 3.69. The van der Waals surface area contributed by atoms with Crippen LogP contribution in [0.4, 0.5) is 0 Å². The van der Waals surface area contributed by atoms with Gasteiger partial charge < -0.3 is 19.8 Å². The molecule has 3 aromatic rings. The van der Waals surface area contributed by atoms with Crippen molar-refractivity contribution in [3.05, 3.63) is 70.4 Å². The number of benzene rings is 2. The Hall–Kier alpha value is -2.59. The van der Waals surface area contributed by atoms with Gasteiger partial charge in [-0.05, 0) is 66.6 Å². The minimum atomic E-state index is -1.05. The summed E-state index contributed by atoms with van der Waals surface area (Å²) in [6.07, 6.45) is 6.82. The third-order valence-electron chi connectivity index (χ3n) is 7.62. The summed E-state index contributed by atoms with van der Waals surface area (Å²) in [5.74, 6) is -0.201. The van der Waals surface area contributed by atoms with E-state index < -0.39 is 5.97 Å². The number of fused-ring (bicyclic) bond motifs is 6. The summed E-state index contributed by atoms with van der Waals surface area (Å²) < 4.78 is 2.66. The lowest BCUT2D eigenvalue weighted by Gasteiger charge is -2.31. The average Bonchev–Trinajstić information content (AvgIpc) is 3.19. The van der Waals surface area contributed by atoms with Crippen molar-refractivity contribution in [2.75, 3.05) is 13.1 Å². The SMILES string of the molecule is O=C([O-])c1cc2c3c(c1)c1c(n3C3CCCCC23)C(Cc2ccccc2)CNCC1. The molecule has 154 valence electrons. The van der Waals surface area contributed by atoms with E-state index in [1.807, 2.05) is 12.1 Å². The molecule has 4 heteroatoms. The molecule has 4 nitrogen and oxygen atoms in total. The van der Waals surface area contributed by atoms with E-state index in [9.17, 15) is 9.90 Å². The van der Waals surface area contributed by atoms with Crippen molar-refractivity contribution in [1.82, 2.24) is 9.88 Å². The molecule has 2 aliphatic heterocycles. The molecule has 0 bridgehead atoms. The molecule has 3 atom stereocenters. The molecule has 0 saturated heterocycles. The van der Waals surface area contributed by atoms with Gasteiger partial charge >= 0.3 is 0 Å². The van der Waals surface area contributed by atoms with E-state index in [-0.39, 0.29) is 0 Å². The number of hydrogen-bond donors (Lipinski definition) is 1. The molecular weight excluding hydrogens is 372 g/mol. The number of carbonyl (C=O) groups is 1. The Morgan fingerprint density at radius 3 is 2.80 bits per heavy atom. The van der Waals surface area contributed by atoms with Crippen molar-refractivity contribution in [3.8, 4) is 0 Å². The van der Waals surface area contributed by atoms with Crippen LogP contribution in [-0.2, 0) is 12.8 Å². The third kappa shape index (κ3) is 2.66. The lowest BCUT2D eigenvalue weighted by atomic mass is 9.80. The first-order valence-corrected chi connectivity index (χ1v) is 11.4. The summed E-state index contributed by atoms with van der Waals surface area (Å²) >= 11 is 0. The highest BCUT2D eigenvalue weighted by Gasteiger charge is 2.41. The molecule has 1 aromatic heterocycles. The van der Waals surface area contributed by atoms with Gasteiger partial charge in [-0.25, -0.2) is 0 Å². The molecule has 3 unspecified atom stereocenters. The Bertz CT molecular complexity index is 1130. The highest BCUT2D eigenvalue weighted by atomic mass is 16.4. The fraction of sp³-hybridized carbons (Fsp3) is 0.423. The van der Waals surface area contributed by atoms with E-state index in [2.05, 4.69) is 40.2 Å². The van der Waals surface area contributed by atoms with Crippen LogP contribution in [0.2, 0.25) is 0 Å². The van der Waals surface area contributed by atoms with E-state index in [4.69, 9.17) is 0 Å². The molecule has 3 heterocycles. The van der Waals surface area contributed by atoms with Gasteiger partial charge in [-0.3, -0.25) is 0 Å². The Morgan fingerprint density at radius 2 is 1.97 bits per heavy atom. The summed E-state index contributed by atoms with van der Waals surface area (Å²) in [4.78, 5) is 11.8. The van der Waals surface area contributed by atoms with Crippen LogP contribution in [0.5, 0.6) is 0 Å². The largest absolute Gasteiger partial charge is 0.545 e. The van der Waals surface area contributed by atoms with E-state index in [1.165, 1.54) is 47.2 Å². The quantitative estimate of drug-likeness (QED) is 0.731. The Labute approximate surface area is 176 Å². The van der Waals surface area contributed by atoms with Crippen molar-refractivity contribution in [3.63, 3.8) is 0 Å². The molecule has 1 saturated carbocycles. The smallest absolute Gasteiger partial charge is 0.0715 e. The lowest BCUT2D eigenvalue weighted by molar-refractivity contribution is -0.255. The topological polar surface area (TPSA) is 57.1 Å². The first-order valence-electron chi connectivity index (χ1n) is 11.4. The Kier molecular flexibility index (Phi) is 4.24. The van der Waals surface area contributed by atoms with Crippen molar-refractivity contribution in [2.45, 2.75) is 56.4 Å². The summed E-state index contributed by atoms with van der Waals surface area (Å²) in [6, 6.07) is 15.1. The van der Waals surface area contributed by atoms with Crippen LogP contribution in [0.15, 0.2) is 42.5 Å². The summed E-state index contributed by atoms with van der Waals surface area (Å²) in [5.41, 5.74) is 7.12. The number of nitrogens with one attached hydrogen (secondary N) is 1. The average molecular weight is 400 g/mol. The first kappa shape index (κ1) is 18.2. The number of aromatic nitrogens is 1. The summed E-state index contributed by atoms with van der Waals surface area (Å²) in [5, 5.41) is 16.6. The van der Waals surface area contributed by atoms with E-state index >= 15 is 0 Å². The minimum Gasteiger partial charge on any atom is -0.545 e. The Balaban J connectivity index is 1.59. The molecule has 0 spiro atoms. The zero-order valence-corrected chi connectivity index (χ0v) is 17.2. The maximum absolute atomic E-state index is 11.8. The van der Waals surface area contributed by atoms with Gasteiger partial charge in [0.2, 0.25) is 0 Å². The van der Waals surface area contributed by atoms with Crippen molar-refractivity contribution < 1.29 is 9.90 Å². The second-order valence-corrected chi connectivity index (χ2v) is 9.28. The first-order chi connectivity index (χ1) is 14.7. The fourth-order valence-corrected chi connectivity index (χ4v) is 6.45. The van der Waals surface area contributed by atoms with Gasteiger partial charge in [-0.15, -0.1) is 0 Å². The van der Waals surface area contributed by atoms with Gasteiger partial charge in [-0.2, -0.15) is 0 Å². The number of carboxylic acid groups (broad SMARTS) is 1. The zero-order valence-electron chi connectivity index (χ0n) is 17.2. The molecule has 3 aliphatic rings. The van der Waals surface area contributed by atoms with Gasteiger partial charge in [0, 0.05) is 35.5 Å². The fourth-order valence-electron chi connectivity index (χ4n) is 6.45. The van der Waals surface area contributed by atoms with Gasteiger partial charge in [0.05, 0.1) is 11.5 Å². The Morgan fingerprint density at radius 1 is 1.13 bits per heavy atom. The molecular formula is C26H27N2O2-. The van der Waals surface area contributed by atoms with E-state index in [1.54, 1.807) is 0 Å². The highest BCUT2D eigenvalue weighted by molar-refractivity contribution is 5.98. The highest BCUT2D eigenvalue weighted by Crippen LogP contribution is 2.53. The zero-order chi connectivity index (χ0) is 20.2. The summed E-state index contributed by atoms with van der Waals surface area (Å²) in [7, 11) is 0. The monoisotopic (exact) mass is 399 g/mol. The van der Waals surface area contributed by atoms with Gasteiger partial charge in [0.25, 0.3) is 0 Å². The van der Waals surface area contributed by atoms with Gasteiger partial charge in [-0.1, -0.05) is 43.2 Å². The minimum absolute atomic E-state index is 0.348. The lowest BCUT2D eigenvalue weighted by Crippen LogP contribution is -2.25. The van der Waals surface area contributed by atoms with Gasteiger partial charge in [0.15, 0.2) is 0 Å². The second kappa shape index (κ2) is 6.98. The second-order valence-electron chi connectivity index (χ2n) is 9.28. The number of nitrogens with zero attached hydrogens (tertiary/aromatic N) is 1. The third-order valence-corrected chi connectivity index (χ3v) is 7.62. The van der Waals surface area contributed by atoms with Crippen LogP contribution >= 0.6 is 0 Å². The van der Waals surface area contributed by atoms with Crippen LogP contribution in [-0.4, -0.2) is 23.6 Å². The molecule has 0 radical (unpaired) electrons. The summed E-state index contributed by atoms with van der Waals surface area (Å²) in [6.45, 7) is 1.91. The number of hydrogen-bond acceptors (Lipinski definition) is 3. The van der Waals surface area contributed by atoms with Crippen LogP contribution in [0.1, 0.15) is 76.3 Å². The maximum Gasteiger partial charge on any atom is 0.0715 e. The number of carboxylic acids is 1. The number of carbonyl (C=O) groups excluding carboxylic acids is 1. The van der Waals surface area contributed by atoms with E-state index in [0.717, 1.165) is 37.7 Å². The van der Waals surface area contributed by atoms with Crippen molar-refractivity contribution >= 4 is 16.9 Å². The molecule has 2 aromatic carbocycles. The van der Waals surface area contributed by atoms with Crippen molar-refractivity contribution in [1.29, 1.82) is 0 Å². The standard InChI is InChI=1S/C26H28N2O2/c29-26(30)17-13-21-19-8-4-5-9-23(19)28-24-18(12-16-6-2-1-3-7-16)15-27-11-10-20(24)22(14-17)25(21)28/h1-3,6-7,13-14,18-19,23,27H,4-5,8-12,15H2,(H,29,30)/p-1. The van der Waals surface area contributed by atoms with Gasteiger partial charge in [0.1, 0.15) is 0 Å². The molecule has 6 rings (SSSR count). The van der Waals surface area contributed by atoms with Crippen LogP contribution in [0.3, 0.4) is 0 Å². The van der Waals surface area contributed by atoms with E-state index in [0.29, 0.717) is 23.4 Å². The normalized spacial score (nSPS) is 25.0. The molecule has 30 heavy (non-hydrogen) atoms. The van der Waals surface area contributed by atoms with Crippen molar-refractivity contribution in [2.24, 2.45) is 0 Å². The maximum atomic E-state index is 11.8. The predicted molar refractivity (Wildman–Crippen MR) is 116 cm³/mol. The number of aromatic carboxylic acids is 1.